The number of aromatic nitrogens is 3. The van der Waals surface area contributed by atoms with Crippen LogP contribution < -0.4 is 5.32 Å². The topological polar surface area (TPSA) is 50.7 Å². The van der Waals surface area contributed by atoms with Crippen LogP contribution in [0.15, 0.2) is 23.1 Å². The van der Waals surface area contributed by atoms with Gasteiger partial charge in [0.15, 0.2) is 5.82 Å². The molecule has 0 saturated heterocycles. The van der Waals surface area contributed by atoms with Crippen LogP contribution in [0.4, 0.5) is 5.82 Å². The summed E-state index contributed by atoms with van der Waals surface area (Å²) in [6.45, 7) is 6.25. The summed E-state index contributed by atoms with van der Waals surface area (Å²) in [5.41, 5.74) is 1.56. The predicted molar refractivity (Wildman–Crippen MR) is 68.4 cm³/mol. The molecule has 0 saturated carbocycles. The number of fused-ring (bicyclic) bond motifs is 1. The van der Waals surface area contributed by atoms with E-state index >= 15 is 0 Å². The Morgan fingerprint density at radius 3 is 2.31 bits per heavy atom. The molecule has 0 aliphatic heterocycles. The first kappa shape index (κ1) is 11.3. The molecule has 5 heteroatoms. The second kappa shape index (κ2) is 3.97. The van der Waals surface area contributed by atoms with Crippen molar-refractivity contribution in [3.05, 3.63) is 23.1 Å². The third-order valence-corrected chi connectivity index (χ3v) is 2.53. The molecule has 0 bridgehead atoms. The van der Waals surface area contributed by atoms with Crippen molar-refractivity contribution >= 4 is 32.8 Å². The van der Waals surface area contributed by atoms with Gasteiger partial charge in [0.05, 0.1) is 4.47 Å². The Balaban J connectivity index is 2.59. The van der Waals surface area contributed by atoms with Gasteiger partial charge in [-0.15, -0.1) is 0 Å². The summed E-state index contributed by atoms with van der Waals surface area (Å²) in [7, 11) is 0. The lowest BCUT2D eigenvalue weighted by Crippen LogP contribution is -2.27. The van der Waals surface area contributed by atoms with Gasteiger partial charge in [0.2, 0.25) is 0 Å². The maximum Gasteiger partial charge on any atom is 0.154 e. The number of rotatable bonds is 1. The minimum Gasteiger partial charge on any atom is -0.364 e. The molecule has 0 aliphatic carbocycles. The summed E-state index contributed by atoms with van der Waals surface area (Å²) < 4.78 is 0.857. The van der Waals surface area contributed by atoms with Gasteiger partial charge >= 0.3 is 0 Å². The Morgan fingerprint density at radius 2 is 1.69 bits per heavy atom. The van der Waals surface area contributed by atoms with Gasteiger partial charge in [0.1, 0.15) is 11.0 Å². The summed E-state index contributed by atoms with van der Waals surface area (Å²) in [4.78, 5) is 12.9. The van der Waals surface area contributed by atoms with E-state index in [0.29, 0.717) is 0 Å². The lowest BCUT2D eigenvalue weighted by molar-refractivity contribution is 0.631. The quantitative estimate of drug-likeness (QED) is 0.873. The van der Waals surface area contributed by atoms with Crippen molar-refractivity contribution in [3.8, 4) is 0 Å². The zero-order chi connectivity index (χ0) is 11.8. The van der Waals surface area contributed by atoms with Gasteiger partial charge in [-0.1, -0.05) is 0 Å². The highest BCUT2D eigenvalue weighted by Gasteiger charge is 2.14. The zero-order valence-electron chi connectivity index (χ0n) is 9.45. The van der Waals surface area contributed by atoms with Crippen molar-refractivity contribution in [2.24, 2.45) is 0 Å². The van der Waals surface area contributed by atoms with E-state index in [9.17, 15) is 0 Å². The number of anilines is 1. The van der Waals surface area contributed by atoms with Crippen LogP contribution in [0.3, 0.4) is 0 Å². The normalized spacial score (nSPS) is 11.8. The second-order valence-corrected chi connectivity index (χ2v) is 5.44. The van der Waals surface area contributed by atoms with Crippen molar-refractivity contribution in [1.29, 1.82) is 0 Å². The largest absolute Gasteiger partial charge is 0.364 e. The van der Waals surface area contributed by atoms with E-state index in [1.165, 1.54) is 0 Å². The molecule has 0 fully saturated rings. The van der Waals surface area contributed by atoms with Gasteiger partial charge in [-0.3, -0.25) is 4.98 Å². The molecule has 0 aliphatic rings. The molecule has 2 aromatic rings. The van der Waals surface area contributed by atoms with Crippen molar-refractivity contribution in [3.63, 3.8) is 0 Å². The summed E-state index contributed by atoms with van der Waals surface area (Å²) >= 11 is 3.42. The lowest BCUT2D eigenvalue weighted by atomic mass is 10.1. The van der Waals surface area contributed by atoms with Crippen LogP contribution in [0.2, 0.25) is 0 Å². The van der Waals surface area contributed by atoms with Crippen molar-refractivity contribution in [1.82, 2.24) is 15.0 Å². The van der Waals surface area contributed by atoms with Crippen molar-refractivity contribution < 1.29 is 0 Å². The maximum atomic E-state index is 4.33. The number of nitrogens with one attached hydrogen (secondary N) is 1. The van der Waals surface area contributed by atoms with E-state index in [1.54, 1.807) is 18.6 Å². The Labute approximate surface area is 103 Å². The van der Waals surface area contributed by atoms with Crippen LogP contribution in [0.5, 0.6) is 0 Å². The van der Waals surface area contributed by atoms with E-state index in [2.05, 4.69) is 57.0 Å². The van der Waals surface area contributed by atoms with Crippen LogP contribution in [0.25, 0.3) is 11.0 Å². The monoisotopic (exact) mass is 280 g/mol. The predicted octanol–water partition coefficient (Wildman–Crippen LogP) is 3.00. The third-order valence-electron chi connectivity index (χ3n) is 1.95. The van der Waals surface area contributed by atoms with Gasteiger partial charge in [-0.05, 0) is 36.7 Å². The van der Waals surface area contributed by atoms with Crippen molar-refractivity contribution in [2.45, 2.75) is 26.3 Å². The van der Waals surface area contributed by atoms with Crippen LogP contribution in [0, 0.1) is 0 Å². The zero-order valence-corrected chi connectivity index (χ0v) is 11.0. The smallest absolute Gasteiger partial charge is 0.154 e. The molecule has 2 rings (SSSR count). The number of pyridine rings is 1. The highest BCUT2D eigenvalue weighted by atomic mass is 79.9. The molecule has 2 aromatic heterocycles. The number of halogens is 1. The Hall–Kier alpha value is -1.23. The van der Waals surface area contributed by atoms with Gasteiger partial charge in [0, 0.05) is 24.1 Å². The molecular weight excluding hydrogens is 268 g/mol. The number of hydrogen-bond acceptors (Lipinski definition) is 4. The van der Waals surface area contributed by atoms with Gasteiger partial charge in [0.25, 0.3) is 0 Å². The number of nitrogens with zero attached hydrogens (tertiary/aromatic N) is 3. The van der Waals surface area contributed by atoms with E-state index in [-0.39, 0.29) is 5.54 Å². The van der Waals surface area contributed by atoms with E-state index in [0.717, 1.165) is 21.3 Å². The lowest BCUT2D eigenvalue weighted by Gasteiger charge is -2.21. The molecule has 0 amide bonds. The Bertz CT molecular complexity index is 519. The highest BCUT2D eigenvalue weighted by molar-refractivity contribution is 9.10. The minimum atomic E-state index is -0.0503. The Kier molecular flexibility index (Phi) is 2.80. The molecule has 16 heavy (non-hydrogen) atoms. The molecule has 84 valence electrons. The van der Waals surface area contributed by atoms with Gasteiger partial charge < -0.3 is 5.32 Å². The summed E-state index contributed by atoms with van der Waals surface area (Å²) in [5, 5.41) is 3.32. The molecule has 0 aromatic carbocycles. The first-order valence-electron chi connectivity index (χ1n) is 5.01. The molecule has 0 spiro atoms. The summed E-state index contributed by atoms with van der Waals surface area (Å²) in [6.07, 6.45) is 5.09. The van der Waals surface area contributed by atoms with Crippen molar-refractivity contribution in [2.75, 3.05) is 5.32 Å². The molecule has 0 unspecified atom stereocenters. The molecule has 4 nitrogen and oxygen atoms in total. The van der Waals surface area contributed by atoms with E-state index in [4.69, 9.17) is 0 Å². The Morgan fingerprint density at radius 1 is 1.06 bits per heavy atom. The molecule has 0 atom stereocenters. The van der Waals surface area contributed by atoms with E-state index < -0.39 is 0 Å². The first-order valence-corrected chi connectivity index (χ1v) is 5.80. The standard InChI is InChI=1S/C11H13BrN4/c1-11(2,3)16-10-9-8(7(12)6-15-10)13-4-5-14-9/h4-6H,1-3H3,(H,15,16). The molecular formula is C11H13BrN4. The fourth-order valence-corrected chi connectivity index (χ4v) is 1.77. The van der Waals surface area contributed by atoms with E-state index in [1.807, 2.05) is 0 Å². The summed E-state index contributed by atoms with van der Waals surface area (Å²) in [6, 6.07) is 0. The number of hydrogen-bond donors (Lipinski definition) is 1. The second-order valence-electron chi connectivity index (χ2n) is 4.58. The fourth-order valence-electron chi connectivity index (χ4n) is 1.38. The van der Waals surface area contributed by atoms with Crippen LogP contribution in [-0.4, -0.2) is 20.5 Å². The average molecular weight is 281 g/mol. The van der Waals surface area contributed by atoms with Crippen LogP contribution >= 0.6 is 15.9 Å². The first-order chi connectivity index (χ1) is 7.47. The maximum absolute atomic E-state index is 4.33. The van der Waals surface area contributed by atoms with Crippen LogP contribution in [0.1, 0.15) is 20.8 Å². The third kappa shape index (κ3) is 2.29. The van der Waals surface area contributed by atoms with Gasteiger partial charge in [-0.2, -0.15) is 0 Å². The fraction of sp³-hybridized carbons (Fsp3) is 0.364. The minimum absolute atomic E-state index is 0.0503. The highest BCUT2D eigenvalue weighted by Crippen LogP contribution is 2.25. The molecule has 0 radical (unpaired) electrons. The molecule has 1 N–H and O–H groups in total. The van der Waals surface area contributed by atoms with Crippen LogP contribution in [-0.2, 0) is 0 Å². The van der Waals surface area contributed by atoms with Gasteiger partial charge in [-0.25, -0.2) is 9.97 Å². The molecule has 2 heterocycles. The average Bonchev–Trinajstić information content (AvgIpc) is 2.21. The summed E-state index contributed by atoms with van der Waals surface area (Å²) in [5.74, 6) is 0.763. The SMILES string of the molecule is CC(C)(C)Nc1ncc(Br)c2nccnc12.